The topological polar surface area (TPSA) is 0 Å². The molecule has 0 aromatic rings. The van der Waals surface area contributed by atoms with E-state index in [0.717, 1.165) is 23.7 Å². The SMILES string of the molecule is CCCC[C@H]1CC[C@H](C=CC#CC=C[C@H]2CC[C@H](CC)CC2)CC1. The molecule has 0 aromatic heterocycles. The molecule has 0 atom stereocenters. The predicted molar refractivity (Wildman–Crippen MR) is 107 cm³/mol. The zero-order valence-corrected chi connectivity index (χ0v) is 16.1. The Balaban J connectivity index is 1.61. The van der Waals surface area contributed by atoms with Crippen molar-refractivity contribution >= 4 is 0 Å². The van der Waals surface area contributed by atoms with Gasteiger partial charge in [0.25, 0.3) is 0 Å². The molecule has 134 valence electrons. The first kappa shape index (κ1) is 19.4. The number of rotatable bonds is 6. The first-order valence-electron chi connectivity index (χ1n) is 10.7. The second kappa shape index (κ2) is 11.6. The molecule has 0 aromatic carbocycles. The molecule has 0 N–H and O–H groups in total. The van der Waals surface area contributed by atoms with Crippen LogP contribution in [-0.2, 0) is 0 Å². The summed E-state index contributed by atoms with van der Waals surface area (Å²) in [6.45, 7) is 4.63. The summed E-state index contributed by atoms with van der Waals surface area (Å²) in [6, 6.07) is 0. The van der Waals surface area contributed by atoms with Crippen molar-refractivity contribution in [3.63, 3.8) is 0 Å². The highest BCUT2D eigenvalue weighted by atomic mass is 14.2. The molecule has 0 saturated heterocycles. The zero-order valence-electron chi connectivity index (χ0n) is 16.1. The van der Waals surface area contributed by atoms with E-state index in [2.05, 4.69) is 50.0 Å². The summed E-state index contributed by atoms with van der Waals surface area (Å²) in [5.41, 5.74) is 0. The lowest BCUT2D eigenvalue weighted by Gasteiger charge is -2.26. The molecule has 0 unspecified atom stereocenters. The number of hydrogen-bond acceptors (Lipinski definition) is 0. The van der Waals surface area contributed by atoms with Crippen LogP contribution in [-0.4, -0.2) is 0 Å². The van der Waals surface area contributed by atoms with Crippen LogP contribution in [0.4, 0.5) is 0 Å². The van der Waals surface area contributed by atoms with Crippen molar-refractivity contribution in [1.29, 1.82) is 0 Å². The van der Waals surface area contributed by atoms with Crippen molar-refractivity contribution in [2.75, 3.05) is 0 Å². The highest BCUT2D eigenvalue weighted by Gasteiger charge is 2.19. The van der Waals surface area contributed by atoms with E-state index in [1.54, 1.807) is 0 Å². The van der Waals surface area contributed by atoms with Gasteiger partial charge in [-0.1, -0.05) is 63.5 Å². The fourth-order valence-corrected chi connectivity index (χ4v) is 4.42. The van der Waals surface area contributed by atoms with Gasteiger partial charge in [0, 0.05) is 0 Å². The highest BCUT2D eigenvalue weighted by molar-refractivity contribution is 5.24. The van der Waals surface area contributed by atoms with Crippen LogP contribution in [0, 0.1) is 35.5 Å². The molecule has 0 spiro atoms. The average Bonchev–Trinajstić information content (AvgIpc) is 2.64. The molecule has 0 heterocycles. The minimum atomic E-state index is 0.782. The summed E-state index contributed by atoms with van der Waals surface area (Å²) in [6.07, 6.45) is 25.7. The van der Waals surface area contributed by atoms with Gasteiger partial charge in [0.05, 0.1) is 0 Å². The Hall–Kier alpha value is -0.960. The Labute approximate surface area is 151 Å². The lowest BCUT2D eigenvalue weighted by atomic mass is 9.80. The van der Waals surface area contributed by atoms with E-state index < -0.39 is 0 Å². The van der Waals surface area contributed by atoms with Gasteiger partial charge in [-0.05, 0) is 87.2 Å². The second-order valence-corrected chi connectivity index (χ2v) is 8.12. The molecular weight excluding hydrogens is 288 g/mol. The Morgan fingerprint density at radius 3 is 1.67 bits per heavy atom. The van der Waals surface area contributed by atoms with Crippen LogP contribution < -0.4 is 0 Å². The Bertz CT molecular complexity index is 428. The summed E-state index contributed by atoms with van der Waals surface area (Å²) in [7, 11) is 0. The van der Waals surface area contributed by atoms with E-state index in [9.17, 15) is 0 Å². The lowest BCUT2D eigenvalue weighted by Crippen LogP contribution is -2.12. The minimum absolute atomic E-state index is 0.782. The van der Waals surface area contributed by atoms with Gasteiger partial charge in [-0.3, -0.25) is 0 Å². The summed E-state index contributed by atoms with van der Waals surface area (Å²) < 4.78 is 0. The first-order valence-corrected chi connectivity index (χ1v) is 10.7. The van der Waals surface area contributed by atoms with Gasteiger partial charge >= 0.3 is 0 Å². The van der Waals surface area contributed by atoms with Crippen molar-refractivity contribution in [1.82, 2.24) is 0 Å². The van der Waals surface area contributed by atoms with Crippen LogP contribution in [0.2, 0.25) is 0 Å². The van der Waals surface area contributed by atoms with Crippen LogP contribution in [0.3, 0.4) is 0 Å². The van der Waals surface area contributed by atoms with Gasteiger partial charge in [-0.15, -0.1) is 0 Å². The normalized spacial score (nSPS) is 31.2. The largest absolute Gasteiger partial charge is 0.0730 e. The molecule has 0 aliphatic heterocycles. The van der Waals surface area contributed by atoms with Crippen molar-refractivity contribution in [3.05, 3.63) is 24.3 Å². The maximum atomic E-state index is 3.22. The van der Waals surface area contributed by atoms with E-state index in [1.807, 2.05) is 0 Å². The van der Waals surface area contributed by atoms with Crippen molar-refractivity contribution in [2.24, 2.45) is 23.7 Å². The molecule has 2 aliphatic carbocycles. The van der Waals surface area contributed by atoms with Gasteiger partial charge in [-0.25, -0.2) is 0 Å². The molecule has 0 nitrogen and oxygen atoms in total. The third kappa shape index (κ3) is 7.29. The van der Waals surface area contributed by atoms with Gasteiger partial charge < -0.3 is 0 Å². The molecule has 0 bridgehead atoms. The van der Waals surface area contributed by atoms with Crippen LogP contribution in [0.15, 0.2) is 24.3 Å². The number of hydrogen-bond donors (Lipinski definition) is 0. The van der Waals surface area contributed by atoms with E-state index in [0.29, 0.717) is 0 Å². The Morgan fingerprint density at radius 1 is 0.708 bits per heavy atom. The first-order chi connectivity index (χ1) is 11.8. The van der Waals surface area contributed by atoms with Gasteiger partial charge in [0.15, 0.2) is 0 Å². The Kier molecular flexibility index (Phi) is 9.34. The second-order valence-electron chi connectivity index (χ2n) is 8.12. The fraction of sp³-hybridized carbons (Fsp3) is 0.750. The van der Waals surface area contributed by atoms with E-state index in [-0.39, 0.29) is 0 Å². The van der Waals surface area contributed by atoms with Crippen molar-refractivity contribution in [3.8, 4) is 11.8 Å². The average molecular weight is 327 g/mol. The summed E-state index contributed by atoms with van der Waals surface area (Å²) in [4.78, 5) is 0. The lowest BCUT2D eigenvalue weighted by molar-refractivity contribution is 0.291. The van der Waals surface area contributed by atoms with Crippen LogP contribution in [0.5, 0.6) is 0 Å². The van der Waals surface area contributed by atoms with Crippen LogP contribution in [0.1, 0.15) is 90.9 Å². The predicted octanol–water partition coefficient (Wildman–Crippen LogP) is 7.32. The quantitative estimate of drug-likeness (QED) is 0.449. The molecule has 2 aliphatic rings. The molecule has 0 radical (unpaired) electrons. The maximum absolute atomic E-state index is 3.22. The molecule has 0 heteroatoms. The number of unbranched alkanes of at least 4 members (excludes halogenated alkanes) is 1. The molecular formula is C24H38. The Morgan fingerprint density at radius 2 is 1.21 bits per heavy atom. The van der Waals surface area contributed by atoms with E-state index in [4.69, 9.17) is 0 Å². The van der Waals surface area contributed by atoms with Gasteiger partial charge in [0.2, 0.25) is 0 Å². The third-order valence-electron chi connectivity index (χ3n) is 6.31. The molecule has 24 heavy (non-hydrogen) atoms. The molecule has 2 saturated carbocycles. The third-order valence-corrected chi connectivity index (χ3v) is 6.31. The van der Waals surface area contributed by atoms with E-state index >= 15 is 0 Å². The standard InChI is InChI=1S/C24H38/c1-3-5-10-22-17-19-24(20-18-22)12-9-7-6-8-11-23-15-13-21(4-2)14-16-23/h8-9,11-12,21-24H,3-5,10,13-20H2,1-2H3/t21-,22-,23-,24-. The smallest absolute Gasteiger partial charge is 0.0153 e. The molecule has 2 fully saturated rings. The molecule has 2 rings (SSSR count). The highest BCUT2D eigenvalue weighted by Crippen LogP contribution is 2.32. The maximum Gasteiger partial charge on any atom is -0.0153 e. The molecule has 0 amide bonds. The number of allylic oxidation sites excluding steroid dienone is 4. The fourth-order valence-electron chi connectivity index (χ4n) is 4.42. The van der Waals surface area contributed by atoms with Crippen molar-refractivity contribution in [2.45, 2.75) is 90.9 Å². The zero-order chi connectivity index (χ0) is 17.0. The van der Waals surface area contributed by atoms with Gasteiger partial charge in [0.1, 0.15) is 0 Å². The van der Waals surface area contributed by atoms with Gasteiger partial charge in [-0.2, -0.15) is 0 Å². The van der Waals surface area contributed by atoms with Crippen molar-refractivity contribution < 1.29 is 0 Å². The summed E-state index contributed by atoms with van der Waals surface area (Å²) >= 11 is 0. The summed E-state index contributed by atoms with van der Waals surface area (Å²) in [5, 5.41) is 0. The minimum Gasteiger partial charge on any atom is -0.0730 e. The van der Waals surface area contributed by atoms with Crippen LogP contribution >= 0.6 is 0 Å². The summed E-state index contributed by atoms with van der Waals surface area (Å²) in [5.74, 6) is 9.99. The van der Waals surface area contributed by atoms with E-state index in [1.165, 1.54) is 77.0 Å². The monoisotopic (exact) mass is 326 g/mol. The van der Waals surface area contributed by atoms with Crippen LogP contribution in [0.25, 0.3) is 0 Å².